The minimum atomic E-state index is -4.71. The fourth-order valence-corrected chi connectivity index (χ4v) is 7.34. The predicted octanol–water partition coefficient (Wildman–Crippen LogP) is 5.12. The van der Waals surface area contributed by atoms with E-state index in [-0.39, 0.29) is 29.8 Å². The lowest BCUT2D eigenvalue weighted by Gasteiger charge is -2.34. The molecular formula is C29H26ClFN2O5S. The topological polar surface area (TPSA) is 116 Å². The van der Waals surface area contributed by atoms with Gasteiger partial charge in [-0.2, -0.15) is 0 Å². The minimum Gasteiger partial charge on any atom is -0.478 e. The summed E-state index contributed by atoms with van der Waals surface area (Å²) >= 11 is 6.17. The summed E-state index contributed by atoms with van der Waals surface area (Å²) in [5.74, 6) is -3.24. The Balaban J connectivity index is 1.43. The monoisotopic (exact) mass is 568 g/mol. The van der Waals surface area contributed by atoms with Crippen molar-refractivity contribution >= 4 is 44.1 Å². The maximum absolute atomic E-state index is 17.1. The number of alkyl halides is 1. The van der Waals surface area contributed by atoms with Crippen molar-refractivity contribution in [1.29, 1.82) is 0 Å². The number of H-pyrrole nitrogens is 1. The number of carboxylic acid groups (broad SMARTS) is 1. The fraction of sp³-hybridized carbons (Fsp3) is 0.241. The molecule has 7 nitrogen and oxygen atoms in total. The highest BCUT2D eigenvalue weighted by Crippen LogP contribution is 2.43. The largest absolute Gasteiger partial charge is 0.478 e. The van der Waals surface area contributed by atoms with E-state index in [1.807, 2.05) is 12.1 Å². The molecule has 0 fully saturated rings. The Morgan fingerprint density at radius 3 is 2.49 bits per heavy atom. The molecule has 0 amide bonds. The third-order valence-electron chi connectivity index (χ3n) is 7.32. The molecule has 202 valence electrons. The SMILES string of the molecule is O=C(O)c1ccc(CNCC(=O)C(F)(C2CCc3c([nH]c4ccc(Cl)cc34)C2)S(=O)(=O)c2ccccc2)cc1. The molecule has 4 aromatic rings. The van der Waals surface area contributed by atoms with Crippen molar-refractivity contribution in [3.05, 3.63) is 100 Å². The van der Waals surface area contributed by atoms with E-state index in [1.54, 1.807) is 24.3 Å². The van der Waals surface area contributed by atoms with Gasteiger partial charge in [0.1, 0.15) is 0 Å². The van der Waals surface area contributed by atoms with Crippen molar-refractivity contribution in [1.82, 2.24) is 10.3 Å². The van der Waals surface area contributed by atoms with Crippen molar-refractivity contribution in [3.63, 3.8) is 0 Å². The van der Waals surface area contributed by atoms with E-state index in [0.29, 0.717) is 22.7 Å². The molecule has 0 saturated heterocycles. The highest BCUT2D eigenvalue weighted by Gasteiger charge is 2.57. The lowest BCUT2D eigenvalue weighted by atomic mass is 9.82. The Bertz CT molecular complexity index is 1650. The summed E-state index contributed by atoms with van der Waals surface area (Å²) in [6.45, 7) is -0.389. The molecule has 0 aliphatic heterocycles. The molecule has 0 spiro atoms. The van der Waals surface area contributed by atoms with Crippen LogP contribution < -0.4 is 5.32 Å². The average molecular weight is 569 g/mol. The molecule has 1 aliphatic rings. The van der Waals surface area contributed by atoms with Crippen LogP contribution in [-0.4, -0.2) is 41.8 Å². The number of fused-ring (bicyclic) bond motifs is 3. The van der Waals surface area contributed by atoms with Gasteiger partial charge in [-0.05, 0) is 72.9 Å². The van der Waals surface area contributed by atoms with Crippen molar-refractivity contribution < 1.29 is 27.5 Å². The minimum absolute atomic E-state index is 0.0482. The van der Waals surface area contributed by atoms with Gasteiger partial charge in [-0.25, -0.2) is 17.6 Å². The van der Waals surface area contributed by atoms with Crippen LogP contribution in [0.3, 0.4) is 0 Å². The highest BCUT2D eigenvalue weighted by atomic mass is 35.5. The van der Waals surface area contributed by atoms with Crippen molar-refractivity contribution in [2.45, 2.75) is 35.7 Å². The number of halogens is 2. The van der Waals surface area contributed by atoms with E-state index in [9.17, 15) is 18.0 Å². The summed E-state index contributed by atoms with van der Waals surface area (Å²) in [6.07, 6.45) is 0.608. The van der Waals surface area contributed by atoms with Gasteiger partial charge in [-0.1, -0.05) is 41.9 Å². The van der Waals surface area contributed by atoms with Crippen LogP contribution in [0.25, 0.3) is 10.9 Å². The van der Waals surface area contributed by atoms with Crippen LogP contribution in [0, 0.1) is 5.92 Å². The average Bonchev–Trinajstić information content (AvgIpc) is 3.30. The summed E-state index contributed by atoms with van der Waals surface area (Å²) in [6, 6.07) is 18.6. The third kappa shape index (κ3) is 4.97. The molecule has 5 rings (SSSR count). The fourth-order valence-electron chi connectivity index (χ4n) is 5.29. The molecule has 0 radical (unpaired) electrons. The number of hydrogen-bond donors (Lipinski definition) is 3. The second-order valence-corrected chi connectivity index (χ2v) is 12.2. The Morgan fingerprint density at radius 1 is 1.08 bits per heavy atom. The summed E-state index contributed by atoms with van der Waals surface area (Å²) in [4.78, 5) is 27.6. The molecule has 1 aromatic heterocycles. The van der Waals surface area contributed by atoms with Crippen molar-refractivity contribution in [2.24, 2.45) is 5.92 Å². The number of hydrogen-bond acceptors (Lipinski definition) is 5. The molecule has 10 heteroatoms. The summed E-state index contributed by atoms with van der Waals surface area (Å²) in [7, 11) is -4.71. The number of carbonyl (C=O) groups is 2. The number of rotatable bonds is 9. The number of benzene rings is 3. The molecule has 1 aliphatic carbocycles. The third-order valence-corrected chi connectivity index (χ3v) is 9.79. The molecule has 1 heterocycles. The normalized spacial score (nSPS) is 16.9. The van der Waals surface area contributed by atoms with Gasteiger partial charge in [0.05, 0.1) is 17.0 Å². The van der Waals surface area contributed by atoms with E-state index in [1.165, 1.54) is 36.4 Å². The standard InChI is InChI=1S/C29H26ClFN2O5S/c30-21-11-13-25-24(15-21)23-12-10-20(14-26(23)33-25)29(31,39(37,38)22-4-2-1-3-5-22)27(34)17-32-16-18-6-8-19(9-7-18)28(35)36/h1-9,11,13,15,20,32-33H,10,12,14,16-17H2,(H,35,36). The van der Waals surface area contributed by atoms with Crippen LogP contribution >= 0.6 is 11.6 Å². The lowest BCUT2D eigenvalue weighted by molar-refractivity contribution is -0.127. The number of aromatic carboxylic acids is 1. The predicted molar refractivity (Wildman–Crippen MR) is 146 cm³/mol. The van der Waals surface area contributed by atoms with Gasteiger partial charge >= 0.3 is 5.97 Å². The Labute approximate surface area is 229 Å². The van der Waals surface area contributed by atoms with Crippen LogP contribution in [0.1, 0.15) is 33.6 Å². The number of nitrogens with one attached hydrogen (secondary N) is 2. The first kappa shape index (κ1) is 27.1. The molecule has 2 unspecified atom stereocenters. The van der Waals surface area contributed by atoms with Gasteiger partial charge in [0, 0.05) is 34.1 Å². The molecule has 39 heavy (non-hydrogen) atoms. The van der Waals surface area contributed by atoms with Crippen LogP contribution in [-0.2, 0) is 34.0 Å². The molecular weight excluding hydrogens is 543 g/mol. The number of carbonyl (C=O) groups excluding carboxylic acids is 1. The van der Waals surface area contributed by atoms with Gasteiger partial charge in [0.15, 0.2) is 5.78 Å². The van der Waals surface area contributed by atoms with Crippen LogP contribution in [0.5, 0.6) is 0 Å². The second-order valence-electron chi connectivity index (χ2n) is 9.70. The molecule has 0 bridgehead atoms. The zero-order valence-corrected chi connectivity index (χ0v) is 22.4. The lowest BCUT2D eigenvalue weighted by Crippen LogP contribution is -2.53. The first-order chi connectivity index (χ1) is 18.6. The Morgan fingerprint density at radius 2 is 1.79 bits per heavy atom. The van der Waals surface area contributed by atoms with E-state index >= 15 is 4.39 Å². The highest BCUT2D eigenvalue weighted by molar-refractivity contribution is 7.93. The molecule has 0 saturated carbocycles. The molecule has 3 aromatic carbocycles. The first-order valence-corrected chi connectivity index (χ1v) is 14.3. The molecule has 2 atom stereocenters. The smallest absolute Gasteiger partial charge is 0.335 e. The maximum atomic E-state index is 17.1. The van der Waals surface area contributed by atoms with Gasteiger partial charge in [0.25, 0.3) is 5.00 Å². The zero-order valence-electron chi connectivity index (χ0n) is 20.8. The van der Waals surface area contributed by atoms with E-state index in [0.717, 1.165) is 16.5 Å². The summed E-state index contributed by atoms with van der Waals surface area (Å²) < 4.78 is 44.6. The number of aromatic amines is 1. The first-order valence-electron chi connectivity index (χ1n) is 12.4. The Hall–Kier alpha value is -3.53. The summed E-state index contributed by atoms with van der Waals surface area (Å²) in [5, 5.41) is 10.2. The Kier molecular flexibility index (Phi) is 7.33. The number of sulfone groups is 1. The second kappa shape index (κ2) is 10.6. The van der Waals surface area contributed by atoms with Gasteiger partial charge < -0.3 is 15.4 Å². The van der Waals surface area contributed by atoms with Crippen LogP contribution in [0.4, 0.5) is 4.39 Å². The van der Waals surface area contributed by atoms with Crippen molar-refractivity contribution in [3.8, 4) is 0 Å². The number of ketones is 1. The van der Waals surface area contributed by atoms with E-state index in [2.05, 4.69) is 10.3 Å². The van der Waals surface area contributed by atoms with Crippen LogP contribution in [0.15, 0.2) is 77.7 Å². The van der Waals surface area contributed by atoms with Gasteiger partial charge in [-0.15, -0.1) is 0 Å². The van der Waals surface area contributed by atoms with Crippen LogP contribution in [0.2, 0.25) is 5.02 Å². The summed E-state index contributed by atoms with van der Waals surface area (Å²) in [5.41, 5.74) is 3.26. The molecule has 3 N–H and O–H groups in total. The number of aromatic nitrogens is 1. The van der Waals surface area contributed by atoms with E-state index in [4.69, 9.17) is 16.7 Å². The number of Topliss-reactive ketones (excluding diaryl/α,β-unsaturated/α-hetero) is 1. The zero-order chi connectivity index (χ0) is 27.8. The van der Waals surface area contributed by atoms with Gasteiger partial charge in [-0.3, -0.25) is 4.79 Å². The van der Waals surface area contributed by atoms with Gasteiger partial charge in [0.2, 0.25) is 9.84 Å². The van der Waals surface area contributed by atoms with Crippen molar-refractivity contribution in [2.75, 3.05) is 6.54 Å². The maximum Gasteiger partial charge on any atom is 0.335 e. The number of carboxylic acids is 1. The van der Waals surface area contributed by atoms with E-state index < -0.39 is 39.1 Å². The number of aryl methyl sites for hydroxylation is 1. The quantitative estimate of drug-likeness (QED) is 0.258.